The molecule has 0 radical (unpaired) electrons. The van der Waals surface area contributed by atoms with Gasteiger partial charge in [0.1, 0.15) is 6.10 Å². The lowest BCUT2D eigenvalue weighted by atomic mass is 9.81. The number of methoxy groups -OCH3 is 1. The van der Waals surface area contributed by atoms with Gasteiger partial charge in [0.05, 0.1) is 13.7 Å². The number of unbranched alkanes of at least 4 members (excludes halogenated alkanes) is 1. The monoisotopic (exact) mass is 414 g/mol. The molecule has 1 aliphatic carbocycles. The molecule has 2 aromatic rings. The lowest BCUT2D eigenvalue weighted by Crippen LogP contribution is -2.43. The van der Waals surface area contributed by atoms with Crippen molar-refractivity contribution in [2.75, 3.05) is 20.3 Å². The molecule has 1 aliphatic heterocycles. The van der Waals surface area contributed by atoms with Crippen molar-refractivity contribution in [1.29, 1.82) is 0 Å². The number of carbonyl (C=O) groups is 1. The minimum Gasteiger partial charge on any atom is -0.493 e. The van der Waals surface area contributed by atoms with Crippen LogP contribution in [0.2, 0.25) is 0 Å². The Hall–Kier alpha value is -2.21. The number of H-pyrrole nitrogens is 1. The minimum atomic E-state index is -0.256. The molecule has 30 heavy (non-hydrogen) atoms. The van der Waals surface area contributed by atoms with E-state index in [0.29, 0.717) is 19.1 Å². The number of nitrogens with one attached hydrogen (secondary N) is 2. The first-order chi connectivity index (χ1) is 14.7. The molecule has 164 valence electrons. The molecule has 1 aromatic carbocycles. The van der Waals surface area contributed by atoms with E-state index < -0.39 is 0 Å². The van der Waals surface area contributed by atoms with Gasteiger partial charge in [0.2, 0.25) is 5.91 Å². The van der Waals surface area contributed by atoms with Crippen molar-refractivity contribution < 1.29 is 19.0 Å². The topological polar surface area (TPSA) is 72.6 Å². The Morgan fingerprint density at radius 2 is 2.13 bits per heavy atom. The van der Waals surface area contributed by atoms with Crippen LogP contribution in [-0.2, 0) is 9.53 Å². The number of hydrogen-bond donors (Lipinski definition) is 2. The van der Waals surface area contributed by atoms with Gasteiger partial charge < -0.3 is 24.5 Å². The average Bonchev–Trinajstić information content (AvgIpc) is 3.43. The van der Waals surface area contributed by atoms with E-state index in [4.69, 9.17) is 14.2 Å². The van der Waals surface area contributed by atoms with Gasteiger partial charge in [-0.1, -0.05) is 19.8 Å². The van der Waals surface area contributed by atoms with Crippen LogP contribution in [0.25, 0.3) is 10.9 Å². The van der Waals surface area contributed by atoms with E-state index in [1.165, 1.54) is 10.9 Å². The summed E-state index contributed by atoms with van der Waals surface area (Å²) in [5.41, 5.74) is 2.38. The van der Waals surface area contributed by atoms with Crippen LogP contribution < -0.4 is 14.8 Å². The second-order valence-corrected chi connectivity index (χ2v) is 8.57. The van der Waals surface area contributed by atoms with Gasteiger partial charge in [-0.2, -0.15) is 0 Å². The molecule has 6 heteroatoms. The highest BCUT2D eigenvalue weighted by atomic mass is 16.5. The largest absolute Gasteiger partial charge is 0.493 e. The standard InChI is InChI=1S/C24H34N2O4/c1-3-4-10-30-23-14-20-18(13-22(23)28-2)19(15-25-20)16-7-5-8-17(12-16)26-24(27)21-9-6-11-29-21/h13-17,21,25H,3-12H2,1-2H3,(H,26,27)/t16-,17+,21+/m1/s1. The summed E-state index contributed by atoms with van der Waals surface area (Å²) in [6.45, 7) is 3.55. The molecule has 3 atom stereocenters. The van der Waals surface area contributed by atoms with Crippen molar-refractivity contribution >= 4 is 16.8 Å². The smallest absolute Gasteiger partial charge is 0.249 e. The summed E-state index contributed by atoms with van der Waals surface area (Å²) >= 11 is 0. The lowest BCUT2D eigenvalue weighted by Gasteiger charge is -2.30. The summed E-state index contributed by atoms with van der Waals surface area (Å²) < 4.78 is 17.1. The van der Waals surface area contributed by atoms with Gasteiger partial charge in [-0.15, -0.1) is 0 Å². The van der Waals surface area contributed by atoms with E-state index in [9.17, 15) is 4.79 Å². The first-order valence-corrected chi connectivity index (χ1v) is 11.4. The predicted molar refractivity (Wildman–Crippen MR) is 117 cm³/mol. The van der Waals surface area contributed by atoms with E-state index in [-0.39, 0.29) is 18.1 Å². The molecule has 1 aromatic heterocycles. The van der Waals surface area contributed by atoms with Crippen LogP contribution in [0.5, 0.6) is 11.5 Å². The molecule has 0 bridgehead atoms. The van der Waals surface area contributed by atoms with Gasteiger partial charge in [0, 0.05) is 35.8 Å². The summed E-state index contributed by atoms with van der Waals surface area (Å²) in [5.74, 6) is 2.04. The maximum absolute atomic E-state index is 12.5. The molecule has 0 spiro atoms. The van der Waals surface area contributed by atoms with Crippen LogP contribution in [-0.4, -0.2) is 43.4 Å². The normalized spacial score (nSPS) is 24.1. The van der Waals surface area contributed by atoms with Crippen molar-refractivity contribution in [3.05, 3.63) is 23.9 Å². The third-order valence-electron chi connectivity index (χ3n) is 6.44. The number of ether oxygens (including phenoxy) is 3. The molecule has 2 aliphatic rings. The van der Waals surface area contributed by atoms with Crippen molar-refractivity contribution in [2.45, 2.75) is 76.4 Å². The summed E-state index contributed by atoms with van der Waals surface area (Å²) in [4.78, 5) is 15.9. The number of fused-ring (bicyclic) bond motifs is 1. The molecule has 1 saturated heterocycles. The zero-order chi connectivity index (χ0) is 20.9. The first kappa shape index (κ1) is 21.0. The fourth-order valence-corrected chi connectivity index (χ4v) is 4.77. The summed E-state index contributed by atoms with van der Waals surface area (Å²) in [6, 6.07) is 4.35. The molecule has 6 nitrogen and oxygen atoms in total. The van der Waals surface area contributed by atoms with E-state index in [0.717, 1.165) is 68.4 Å². The Morgan fingerprint density at radius 1 is 1.23 bits per heavy atom. The average molecular weight is 415 g/mol. The fraction of sp³-hybridized carbons (Fsp3) is 0.625. The van der Waals surface area contributed by atoms with Gasteiger partial charge in [-0.3, -0.25) is 4.79 Å². The lowest BCUT2D eigenvalue weighted by molar-refractivity contribution is -0.131. The summed E-state index contributed by atoms with van der Waals surface area (Å²) in [6.07, 6.45) is 10.1. The first-order valence-electron chi connectivity index (χ1n) is 11.4. The highest BCUT2D eigenvalue weighted by Gasteiger charge is 2.30. The summed E-state index contributed by atoms with van der Waals surface area (Å²) in [5, 5.41) is 4.43. The van der Waals surface area contributed by atoms with Crippen molar-refractivity contribution in [3.63, 3.8) is 0 Å². The van der Waals surface area contributed by atoms with Gasteiger partial charge in [-0.25, -0.2) is 0 Å². The van der Waals surface area contributed by atoms with E-state index >= 15 is 0 Å². The molecule has 0 unspecified atom stereocenters. The molecule has 1 saturated carbocycles. The number of aromatic amines is 1. The third kappa shape index (κ3) is 4.59. The van der Waals surface area contributed by atoms with Gasteiger partial charge >= 0.3 is 0 Å². The van der Waals surface area contributed by atoms with E-state index in [1.54, 1.807) is 7.11 Å². The van der Waals surface area contributed by atoms with Crippen molar-refractivity contribution in [3.8, 4) is 11.5 Å². The molecule has 2 heterocycles. The number of amides is 1. The van der Waals surface area contributed by atoms with Crippen LogP contribution in [0.4, 0.5) is 0 Å². The number of hydrogen-bond acceptors (Lipinski definition) is 4. The maximum Gasteiger partial charge on any atom is 0.249 e. The highest BCUT2D eigenvalue weighted by Crippen LogP contribution is 2.40. The predicted octanol–water partition coefficient (Wildman–Crippen LogP) is 4.68. The molecule has 4 rings (SSSR count). The second-order valence-electron chi connectivity index (χ2n) is 8.57. The van der Waals surface area contributed by atoms with Crippen molar-refractivity contribution in [1.82, 2.24) is 10.3 Å². The van der Waals surface area contributed by atoms with Gasteiger partial charge in [0.25, 0.3) is 0 Å². The number of carbonyl (C=O) groups excluding carboxylic acids is 1. The van der Waals surface area contributed by atoms with E-state index in [1.807, 2.05) is 6.07 Å². The third-order valence-corrected chi connectivity index (χ3v) is 6.44. The summed E-state index contributed by atoms with van der Waals surface area (Å²) in [7, 11) is 1.69. The van der Waals surface area contributed by atoms with Crippen molar-refractivity contribution in [2.24, 2.45) is 0 Å². The van der Waals surface area contributed by atoms with Crippen LogP contribution in [0.1, 0.15) is 69.8 Å². The van der Waals surface area contributed by atoms with Crippen LogP contribution in [0.15, 0.2) is 18.3 Å². The van der Waals surface area contributed by atoms with Crippen LogP contribution >= 0.6 is 0 Å². The molecule has 2 N–H and O–H groups in total. The minimum absolute atomic E-state index is 0.0626. The number of benzene rings is 1. The zero-order valence-electron chi connectivity index (χ0n) is 18.2. The highest BCUT2D eigenvalue weighted by molar-refractivity contribution is 5.87. The van der Waals surface area contributed by atoms with Gasteiger partial charge in [0.15, 0.2) is 11.5 Å². The van der Waals surface area contributed by atoms with Crippen LogP contribution in [0.3, 0.4) is 0 Å². The SMILES string of the molecule is CCCCOc1cc2[nH]cc([C@@H]3CCC[C@H](NC(=O)[C@@H]4CCCO4)C3)c2cc1OC. The van der Waals surface area contributed by atoms with E-state index in [2.05, 4.69) is 29.5 Å². The molecule has 1 amide bonds. The molecule has 2 fully saturated rings. The van der Waals surface area contributed by atoms with Crippen LogP contribution in [0, 0.1) is 0 Å². The Labute approximate surface area is 178 Å². The Bertz CT molecular complexity index is 856. The molecular formula is C24H34N2O4. The zero-order valence-corrected chi connectivity index (χ0v) is 18.2. The maximum atomic E-state index is 12.5. The Kier molecular flexibility index (Phi) is 6.82. The number of rotatable bonds is 8. The Morgan fingerprint density at radius 3 is 2.90 bits per heavy atom. The second kappa shape index (κ2) is 9.73. The fourth-order valence-electron chi connectivity index (χ4n) is 4.77. The van der Waals surface area contributed by atoms with Gasteiger partial charge in [-0.05, 0) is 56.1 Å². The quantitative estimate of drug-likeness (QED) is 0.616. The number of aromatic nitrogens is 1. The Balaban J connectivity index is 1.48. The molecular weight excluding hydrogens is 380 g/mol.